The summed E-state index contributed by atoms with van der Waals surface area (Å²) in [4.78, 5) is 41.8. The summed E-state index contributed by atoms with van der Waals surface area (Å²) in [6.45, 7) is 5.72. The van der Waals surface area contributed by atoms with Gasteiger partial charge >= 0.3 is 0 Å². The standard InChI is InChI=1S/C27H35N3O4/c1-16(2)10-19(13-25(32)23-14-21-22(30-23)6-5-7-26(21)34-4)27(33)29-20(15-28)12-18-9-8-17(3)11-24(18)31/h5-7,14,16-20,30H,8-13H2,1-4H3,(H,29,33)/t17?,18-,19+,20-/m0/s1/i17D. The number of benzene rings is 1. The van der Waals surface area contributed by atoms with Crippen molar-refractivity contribution in [3.05, 3.63) is 30.0 Å². The van der Waals surface area contributed by atoms with Crippen molar-refractivity contribution in [2.45, 2.75) is 65.3 Å². The average Bonchev–Trinajstić information content (AvgIpc) is 3.23. The zero-order valence-electron chi connectivity index (χ0n) is 21.4. The molecule has 1 heterocycles. The lowest BCUT2D eigenvalue weighted by Crippen LogP contribution is -2.41. The Morgan fingerprint density at radius 3 is 2.76 bits per heavy atom. The van der Waals surface area contributed by atoms with Crippen molar-refractivity contribution in [1.29, 1.82) is 5.26 Å². The van der Waals surface area contributed by atoms with Crippen molar-refractivity contribution >= 4 is 28.4 Å². The second-order valence-electron chi connectivity index (χ2n) is 9.82. The van der Waals surface area contributed by atoms with Crippen LogP contribution in [0.15, 0.2) is 24.3 Å². The number of ketones is 2. The van der Waals surface area contributed by atoms with Crippen LogP contribution < -0.4 is 10.1 Å². The maximum atomic E-state index is 13.2. The molecule has 4 atom stereocenters. The lowest BCUT2D eigenvalue weighted by atomic mass is 9.79. The van der Waals surface area contributed by atoms with E-state index in [4.69, 9.17) is 6.11 Å². The molecule has 1 amide bonds. The number of carbonyl (C=O) groups excluding carboxylic acids is 3. The van der Waals surface area contributed by atoms with Crippen molar-refractivity contribution in [3.63, 3.8) is 0 Å². The minimum absolute atomic E-state index is 0.0108. The van der Waals surface area contributed by atoms with Gasteiger partial charge in [-0.05, 0) is 55.7 Å². The second kappa shape index (κ2) is 11.3. The molecule has 1 aromatic heterocycles. The van der Waals surface area contributed by atoms with Gasteiger partial charge in [-0.25, -0.2) is 0 Å². The summed E-state index contributed by atoms with van der Waals surface area (Å²) in [6, 6.07) is 8.56. The topological polar surface area (TPSA) is 112 Å². The largest absolute Gasteiger partial charge is 0.496 e. The van der Waals surface area contributed by atoms with E-state index in [9.17, 15) is 19.6 Å². The Morgan fingerprint density at radius 2 is 2.12 bits per heavy atom. The number of amides is 1. The van der Waals surface area contributed by atoms with Crippen LogP contribution in [-0.4, -0.2) is 35.6 Å². The second-order valence-corrected chi connectivity index (χ2v) is 9.82. The number of nitrogens with one attached hydrogen (secondary N) is 2. The number of ether oxygens (including phenoxy) is 1. The van der Waals surface area contributed by atoms with Gasteiger partial charge in [-0.2, -0.15) is 5.26 Å². The highest BCUT2D eigenvalue weighted by Gasteiger charge is 2.31. The fraction of sp³-hybridized carbons (Fsp3) is 0.556. The number of aromatic amines is 1. The van der Waals surface area contributed by atoms with Crippen LogP contribution in [0, 0.1) is 35.0 Å². The molecule has 3 rings (SSSR count). The zero-order valence-corrected chi connectivity index (χ0v) is 20.4. The molecule has 2 N–H and O–H groups in total. The van der Waals surface area contributed by atoms with Crippen LogP contribution in [0.2, 0.25) is 0 Å². The molecule has 0 radical (unpaired) electrons. The minimum atomic E-state index is -0.811. The summed E-state index contributed by atoms with van der Waals surface area (Å²) < 4.78 is 13.5. The van der Waals surface area contributed by atoms with E-state index in [1.54, 1.807) is 20.1 Å². The number of hydrogen-bond acceptors (Lipinski definition) is 5. The fourth-order valence-corrected chi connectivity index (χ4v) is 4.72. The molecule has 1 aromatic carbocycles. The third-order valence-electron chi connectivity index (χ3n) is 6.55. The van der Waals surface area contributed by atoms with Crippen LogP contribution in [0.1, 0.15) is 71.2 Å². The number of nitrogens with zero attached hydrogens (tertiary/aromatic N) is 1. The molecular formula is C27H35N3O4. The predicted octanol–water partition coefficient (Wildman–Crippen LogP) is 4.82. The van der Waals surface area contributed by atoms with Crippen molar-refractivity contribution < 1.29 is 20.5 Å². The van der Waals surface area contributed by atoms with Gasteiger partial charge in [0, 0.05) is 37.0 Å². The summed E-state index contributed by atoms with van der Waals surface area (Å²) >= 11 is 0. The molecule has 1 aliphatic carbocycles. The maximum Gasteiger partial charge on any atom is 0.224 e. The Bertz CT molecular complexity index is 1130. The first-order valence-corrected chi connectivity index (χ1v) is 11.9. The van der Waals surface area contributed by atoms with E-state index in [-0.39, 0.29) is 48.6 Å². The highest BCUT2D eigenvalue weighted by molar-refractivity contribution is 6.02. The summed E-state index contributed by atoms with van der Waals surface area (Å²) in [7, 11) is 1.57. The molecular weight excluding hydrogens is 430 g/mol. The van der Waals surface area contributed by atoms with E-state index in [2.05, 4.69) is 16.4 Å². The maximum absolute atomic E-state index is 13.2. The SMILES string of the molecule is [2H]C1(C)CC[C@@H](C[C@@H](C#N)NC(=O)[C@@H](CC(=O)c2cc3c(OC)cccc3[nH]2)CC(C)C)C(=O)C1. The smallest absolute Gasteiger partial charge is 0.224 e. The highest BCUT2D eigenvalue weighted by atomic mass is 16.5. The van der Waals surface area contributed by atoms with Gasteiger partial charge in [0.1, 0.15) is 17.6 Å². The fourth-order valence-electron chi connectivity index (χ4n) is 4.72. The normalized spacial score (nSPS) is 22.6. The van der Waals surface area contributed by atoms with Gasteiger partial charge in [0.2, 0.25) is 5.91 Å². The molecule has 2 aromatic rings. The van der Waals surface area contributed by atoms with Gasteiger partial charge < -0.3 is 15.0 Å². The Labute approximate surface area is 202 Å². The number of aromatic nitrogens is 1. The van der Waals surface area contributed by atoms with Crippen LogP contribution in [-0.2, 0) is 9.59 Å². The molecule has 34 heavy (non-hydrogen) atoms. The van der Waals surface area contributed by atoms with Crippen LogP contribution >= 0.6 is 0 Å². The number of carbonyl (C=O) groups is 3. The number of hydrogen-bond donors (Lipinski definition) is 2. The number of methoxy groups -OCH3 is 1. The van der Waals surface area contributed by atoms with E-state index in [1.807, 2.05) is 32.0 Å². The van der Waals surface area contributed by atoms with Crippen LogP contribution in [0.4, 0.5) is 0 Å². The molecule has 0 aliphatic heterocycles. The van der Waals surface area contributed by atoms with E-state index < -0.39 is 17.9 Å². The number of nitriles is 1. The molecule has 7 heteroatoms. The predicted molar refractivity (Wildman–Crippen MR) is 130 cm³/mol. The quantitative estimate of drug-likeness (QED) is 0.488. The van der Waals surface area contributed by atoms with Crippen LogP contribution in [0.3, 0.4) is 0 Å². The number of H-pyrrole nitrogens is 1. The molecule has 0 saturated heterocycles. The van der Waals surface area contributed by atoms with Gasteiger partial charge in [-0.3, -0.25) is 14.4 Å². The van der Waals surface area contributed by atoms with Crippen LogP contribution in [0.25, 0.3) is 10.9 Å². The first-order chi connectivity index (χ1) is 16.5. The van der Waals surface area contributed by atoms with E-state index >= 15 is 0 Å². The number of Topliss-reactive ketones (excluding diaryl/α,β-unsaturated/α-hetero) is 2. The van der Waals surface area contributed by atoms with E-state index in [1.165, 1.54) is 0 Å². The Morgan fingerprint density at radius 1 is 1.35 bits per heavy atom. The van der Waals surface area contributed by atoms with Gasteiger partial charge in [0.15, 0.2) is 5.78 Å². The molecule has 0 bridgehead atoms. The van der Waals surface area contributed by atoms with Gasteiger partial charge in [0.05, 0.1) is 18.9 Å². The number of rotatable bonds is 10. The van der Waals surface area contributed by atoms with Gasteiger partial charge in [0.25, 0.3) is 0 Å². The number of fused-ring (bicyclic) bond motifs is 1. The lowest BCUT2D eigenvalue weighted by molar-refractivity contribution is -0.128. The monoisotopic (exact) mass is 466 g/mol. The van der Waals surface area contributed by atoms with Gasteiger partial charge in [-0.15, -0.1) is 0 Å². The van der Waals surface area contributed by atoms with Gasteiger partial charge in [-0.1, -0.05) is 26.8 Å². The molecule has 7 nitrogen and oxygen atoms in total. The summed E-state index contributed by atoms with van der Waals surface area (Å²) in [5, 5.41) is 13.2. The molecule has 1 saturated carbocycles. The minimum Gasteiger partial charge on any atom is -0.496 e. The van der Waals surface area contributed by atoms with Crippen molar-refractivity contribution in [2.24, 2.45) is 23.6 Å². The molecule has 182 valence electrons. The van der Waals surface area contributed by atoms with Crippen LogP contribution in [0.5, 0.6) is 5.75 Å². The third-order valence-corrected chi connectivity index (χ3v) is 6.55. The van der Waals surface area contributed by atoms with Crippen molar-refractivity contribution in [3.8, 4) is 11.8 Å². The molecule has 1 unspecified atom stereocenters. The van der Waals surface area contributed by atoms with Crippen molar-refractivity contribution in [2.75, 3.05) is 7.11 Å². The summed E-state index contributed by atoms with van der Waals surface area (Å²) in [5.41, 5.74) is 1.19. The Kier molecular flexibility index (Phi) is 7.99. The third kappa shape index (κ3) is 6.25. The zero-order chi connectivity index (χ0) is 25.8. The Balaban J connectivity index is 1.69. The average molecular weight is 467 g/mol. The molecule has 1 aliphatic rings. The summed E-state index contributed by atoms with van der Waals surface area (Å²) in [6.07, 6.45) is 2.06. The van der Waals surface area contributed by atoms with Crippen molar-refractivity contribution in [1.82, 2.24) is 10.3 Å². The molecule has 0 spiro atoms. The van der Waals surface area contributed by atoms with E-state index in [0.29, 0.717) is 30.7 Å². The first-order valence-electron chi connectivity index (χ1n) is 12.4. The Hall–Kier alpha value is -3.14. The summed E-state index contributed by atoms with van der Waals surface area (Å²) in [5.74, 6) is -1.39. The highest BCUT2D eigenvalue weighted by Crippen LogP contribution is 2.30. The van der Waals surface area contributed by atoms with E-state index in [0.717, 1.165) is 10.9 Å². The lowest BCUT2D eigenvalue weighted by Gasteiger charge is -2.27. The molecule has 1 fully saturated rings. The first kappa shape index (κ1) is 24.0.